The van der Waals surface area contributed by atoms with Crippen molar-refractivity contribution in [3.8, 4) is 11.5 Å². The lowest BCUT2D eigenvalue weighted by Crippen LogP contribution is -2.23. The van der Waals surface area contributed by atoms with Gasteiger partial charge in [-0.1, -0.05) is 0 Å². The lowest BCUT2D eigenvalue weighted by Gasteiger charge is -2.04. The lowest BCUT2D eigenvalue weighted by molar-refractivity contribution is -0.121. The number of hydrogen-bond acceptors (Lipinski definition) is 5. The van der Waals surface area contributed by atoms with E-state index < -0.39 is 0 Å². The molecule has 3 rings (SSSR count). The Hall–Kier alpha value is -2.41. The van der Waals surface area contributed by atoms with Gasteiger partial charge in [-0.15, -0.1) is 11.3 Å². The van der Waals surface area contributed by atoms with E-state index in [-0.39, 0.29) is 5.91 Å². The molecule has 23 heavy (non-hydrogen) atoms. The molecule has 0 aliphatic carbocycles. The Labute approximate surface area is 138 Å². The van der Waals surface area contributed by atoms with E-state index in [4.69, 9.17) is 4.42 Å². The molecule has 0 fully saturated rings. The highest BCUT2D eigenvalue weighted by Gasteiger charge is 2.09. The standard InChI is InChI=1S/C16H18N4O2S/c1-11-19-14(10-23-11)15-5-4-13(22-15)9-17-16(21)6-3-12-7-8-18-20(12)2/h4-5,7-8,10H,3,6,9H2,1-2H3,(H,17,21). The number of nitrogens with one attached hydrogen (secondary N) is 1. The first-order chi connectivity index (χ1) is 11.1. The summed E-state index contributed by atoms with van der Waals surface area (Å²) in [5.41, 5.74) is 1.88. The van der Waals surface area contributed by atoms with Gasteiger partial charge < -0.3 is 9.73 Å². The zero-order valence-electron chi connectivity index (χ0n) is 13.1. The van der Waals surface area contributed by atoms with Gasteiger partial charge in [-0.2, -0.15) is 5.10 Å². The molecule has 0 saturated carbocycles. The summed E-state index contributed by atoms with van der Waals surface area (Å²) in [6.07, 6.45) is 2.83. The fourth-order valence-electron chi connectivity index (χ4n) is 2.25. The highest BCUT2D eigenvalue weighted by molar-refractivity contribution is 7.09. The Morgan fingerprint density at radius 1 is 1.39 bits per heavy atom. The van der Waals surface area contributed by atoms with Crippen LogP contribution in [-0.2, 0) is 24.8 Å². The van der Waals surface area contributed by atoms with Crippen LogP contribution < -0.4 is 5.32 Å². The summed E-state index contributed by atoms with van der Waals surface area (Å²) in [7, 11) is 1.87. The number of aromatic nitrogens is 3. The summed E-state index contributed by atoms with van der Waals surface area (Å²) in [4.78, 5) is 16.3. The third-order valence-electron chi connectivity index (χ3n) is 3.52. The van der Waals surface area contributed by atoms with E-state index in [1.807, 2.05) is 37.6 Å². The fraction of sp³-hybridized carbons (Fsp3) is 0.312. The predicted molar refractivity (Wildman–Crippen MR) is 87.9 cm³/mol. The van der Waals surface area contributed by atoms with E-state index in [2.05, 4.69) is 15.4 Å². The molecule has 0 bridgehead atoms. The highest BCUT2D eigenvalue weighted by atomic mass is 32.1. The van der Waals surface area contributed by atoms with Crippen LogP contribution in [0, 0.1) is 6.92 Å². The van der Waals surface area contributed by atoms with Crippen LogP contribution >= 0.6 is 11.3 Å². The molecule has 0 unspecified atom stereocenters. The second-order valence-corrected chi connectivity index (χ2v) is 6.30. The molecule has 0 saturated heterocycles. The molecule has 120 valence electrons. The zero-order chi connectivity index (χ0) is 16.2. The molecule has 3 aromatic rings. The summed E-state index contributed by atoms with van der Waals surface area (Å²) in [6, 6.07) is 5.67. The summed E-state index contributed by atoms with van der Waals surface area (Å²) in [6.45, 7) is 2.34. The van der Waals surface area contributed by atoms with Gasteiger partial charge in [-0.25, -0.2) is 4.98 Å². The maximum Gasteiger partial charge on any atom is 0.220 e. The molecular formula is C16H18N4O2S. The average Bonchev–Trinajstić information content (AvgIpc) is 3.24. The number of rotatable bonds is 6. The van der Waals surface area contributed by atoms with Crippen molar-refractivity contribution in [2.45, 2.75) is 26.3 Å². The summed E-state index contributed by atoms with van der Waals surface area (Å²) >= 11 is 1.59. The van der Waals surface area contributed by atoms with Gasteiger partial charge in [0.05, 0.1) is 11.6 Å². The quantitative estimate of drug-likeness (QED) is 0.754. The van der Waals surface area contributed by atoms with E-state index in [1.165, 1.54) is 0 Å². The molecule has 0 aliphatic rings. The Morgan fingerprint density at radius 2 is 2.26 bits per heavy atom. The van der Waals surface area contributed by atoms with Crippen molar-refractivity contribution in [1.82, 2.24) is 20.1 Å². The fourth-order valence-corrected chi connectivity index (χ4v) is 2.85. The summed E-state index contributed by atoms with van der Waals surface area (Å²) in [5.74, 6) is 1.45. The SMILES string of the molecule is Cc1nc(-c2ccc(CNC(=O)CCc3ccnn3C)o2)cs1. The minimum atomic E-state index is -0.00588. The molecule has 0 radical (unpaired) electrons. The number of hydrogen-bond donors (Lipinski definition) is 1. The van der Waals surface area contributed by atoms with Crippen LogP contribution in [0.3, 0.4) is 0 Å². The maximum absolute atomic E-state index is 11.9. The normalized spacial score (nSPS) is 10.9. The first-order valence-corrected chi connectivity index (χ1v) is 8.24. The topological polar surface area (TPSA) is 73.0 Å². The van der Waals surface area contributed by atoms with Crippen molar-refractivity contribution in [1.29, 1.82) is 0 Å². The van der Waals surface area contributed by atoms with Crippen molar-refractivity contribution >= 4 is 17.2 Å². The number of furan rings is 1. The molecule has 3 heterocycles. The second kappa shape index (κ2) is 6.78. The molecule has 7 heteroatoms. The van der Waals surface area contributed by atoms with Crippen LogP contribution in [0.15, 0.2) is 34.2 Å². The van der Waals surface area contributed by atoms with Crippen LogP contribution in [0.2, 0.25) is 0 Å². The van der Waals surface area contributed by atoms with Gasteiger partial charge in [0.25, 0.3) is 0 Å². The molecule has 6 nitrogen and oxygen atoms in total. The van der Waals surface area contributed by atoms with Crippen molar-refractivity contribution in [2.24, 2.45) is 7.05 Å². The maximum atomic E-state index is 11.9. The van der Waals surface area contributed by atoms with Crippen LogP contribution in [0.5, 0.6) is 0 Å². The molecule has 0 aliphatic heterocycles. The first-order valence-electron chi connectivity index (χ1n) is 7.36. The number of carbonyl (C=O) groups excluding carboxylic acids is 1. The van der Waals surface area contributed by atoms with E-state index in [0.717, 1.165) is 27.9 Å². The Kier molecular flexibility index (Phi) is 4.57. The van der Waals surface area contributed by atoms with Crippen molar-refractivity contribution in [2.75, 3.05) is 0 Å². The minimum Gasteiger partial charge on any atom is -0.458 e. The van der Waals surface area contributed by atoms with Crippen LogP contribution in [0.4, 0.5) is 0 Å². The van der Waals surface area contributed by atoms with E-state index in [9.17, 15) is 4.79 Å². The van der Waals surface area contributed by atoms with Crippen molar-refractivity contribution in [3.63, 3.8) is 0 Å². The van der Waals surface area contributed by atoms with Gasteiger partial charge in [-0.05, 0) is 31.5 Å². The number of amides is 1. The predicted octanol–water partition coefficient (Wildman–Crippen LogP) is 2.69. The van der Waals surface area contributed by atoms with Crippen LogP contribution in [0.25, 0.3) is 11.5 Å². The highest BCUT2D eigenvalue weighted by Crippen LogP contribution is 2.23. The molecular weight excluding hydrogens is 312 g/mol. The summed E-state index contributed by atoms with van der Waals surface area (Å²) in [5, 5.41) is 9.92. The molecule has 1 N–H and O–H groups in total. The van der Waals surface area contributed by atoms with Gasteiger partial charge in [0.1, 0.15) is 11.5 Å². The van der Waals surface area contributed by atoms with E-state index >= 15 is 0 Å². The average molecular weight is 330 g/mol. The number of nitrogens with zero attached hydrogens (tertiary/aromatic N) is 3. The monoisotopic (exact) mass is 330 g/mol. The third kappa shape index (κ3) is 3.87. The molecule has 3 aromatic heterocycles. The van der Waals surface area contributed by atoms with Gasteiger partial charge in [-0.3, -0.25) is 9.48 Å². The lowest BCUT2D eigenvalue weighted by atomic mass is 10.2. The first kappa shape index (κ1) is 15.5. The number of thiazole rings is 1. The van der Waals surface area contributed by atoms with Crippen LogP contribution in [-0.4, -0.2) is 20.7 Å². The third-order valence-corrected chi connectivity index (χ3v) is 4.30. The molecule has 1 amide bonds. The van der Waals surface area contributed by atoms with Gasteiger partial charge in [0, 0.05) is 30.7 Å². The number of carbonyl (C=O) groups is 1. The van der Waals surface area contributed by atoms with Gasteiger partial charge in [0.15, 0.2) is 5.76 Å². The second-order valence-electron chi connectivity index (χ2n) is 5.24. The Balaban J connectivity index is 1.49. The molecule has 0 atom stereocenters. The van der Waals surface area contributed by atoms with Crippen LogP contribution in [0.1, 0.15) is 22.9 Å². The number of aryl methyl sites for hydroxylation is 3. The molecule has 0 spiro atoms. The minimum absolute atomic E-state index is 0.00588. The van der Waals surface area contributed by atoms with E-state index in [0.29, 0.717) is 19.4 Å². The van der Waals surface area contributed by atoms with Crippen molar-refractivity contribution in [3.05, 3.63) is 46.2 Å². The zero-order valence-corrected chi connectivity index (χ0v) is 13.9. The Bertz CT molecular complexity index is 802. The summed E-state index contributed by atoms with van der Waals surface area (Å²) < 4.78 is 7.50. The van der Waals surface area contributed by atoms with Crippen molar-refractivity contribution < 1.29 is 9.21 Å². The van der Waals surface area contributed by atoms with Gasteiger partial charge in [0.2, 0.25) is 5.91 Å². The van der Waals surface area contributed by atoms with Gasteiger partial charge >= 0.3 is 0 Å². The largest absolute Gasteiger partial charge is 0.458 e. The molecule has 0 aromatic carbocycles. The smallest absolute Gasteiger partial charge is 0.220 e. The Morgan fingerprint density at radius 3 is 2.96 bits per heavy atom. The van der Waals surface area contributed by atoms with E-state index in [1.54, 1.807) is 22.2 Å².